The fourth-order valence-electron chi connectivity index (χ4n) is 2.70. The molecule has 1 heterocycles. The first-order chi connectivity index (χ1) is 11.6. The summed E-state index contributed by atoms with van der Waals surface area (Å²) in [4.78, 5) is 2.29. The van der Waals surface area contributed by atoms with Crippen molar-refractivity contribution in [3.63, 3.8) is 0 Å². The van der Waals surface area contributed by atoms with Gasteiger partial charge < -0.3 is 24.4 Å². The summed E-state index contributed by atoms with van der Waals surface area (Å²) in [6, 6.07) is 3.94. The van der Waals surface area contributed by atoms with Crippen molar-refractivity contribution in [1.29, 1.82) is 0 Å². The number of benzene rings is 1. The van der Waals surface area contributed by atoms with Crippen LogP contribution >= 0.6 is 11.6 Å². The minimum absolute atomic E-state index is 0.234. The molecule has 1 saturated heterocycles. The van der Waals surface area contributed by atoms with Gasteiger partial charge in [0.15, 0.2) is 11.5 Å². The SMILES string of the molecule is CCCOc1c(Cl)cc(CNCC2CN(C)CCO2)cc1OCC. The zero-order chi connectivity index (χ0) is 17.4. The number of nitrogens with zero attached hydrogens (tertiary/aromatic N) is 1. The van der Waals surface area contributed by atoms with Gasteiger partial charge in [0.25, 0.3) is 0 Å². The van der Waals surface area contributed by atoms with E-state index in [0.29, 0.717) is 29.7 Å². The molecule has 0 spiro atoms. The highest BCUT2D eigenvalue weighted by molar-refractivity contribution is 6.32. The van der Waals surface area contributed by atoms with Gasteiger partial charge in [-0.2, -0.15) is 0 Å². The molecular formula is C18H29ClN2O3. The van der Waals surface area contributed by atoms with Crippen molar-refractivity contribution in [3.8, 4) is 11.5 Å². The molecule has 0 radical (unpaired) electrons. The topological polar surface area (TPSA) is 43.0 Å². The number of halogens is 1. The molecule has 1 aliphatic rings. The fourth-order valence-corrected chi connectivity index (χ4v) is 2.99. The highest BCUT2D eigenvalue weighted by atomic mass is 35.5. The number of likely N-dealkylation sites (N-methyl/N-ethyl adjacent to an activating group) is 1. The van der Waals surface area contributed by atoms with Crippen molar-refractivity contribution in [2.45, 2.75) is 32.9 Å². The molecule has 0 bridgehead atoms. The van der Waals surface area contributed by atoms with Gasteiger partial charge in [-0.05, 0) is 38.1 Å². The lowest BCUT2D eigenvalue weighted by Crippen LogP contribution is -2.44. The average Bonchev–Trinajstić information content (AvgIpc) is 2.54. The number of hydrogen-bond acceptors (Lipinski definition) is 5. The molecule has 1 fully saturated rings. The van der Waals surface area contributed by atoms with Crippen molar-refractivity contribution in [1.82, 2.24) is 10.2 Å². The van der Waals surface area contributed by atoms with Crippen molar-refractivity contribution in [2.75, 3.05) is 46.5 Å². The third-order valence-electron chi connectivity index (χ3n) is 3.86. The molecule has 1 atom stereocenters. The van der Waals surface area contributed by atoms with Crippen LogP contribution in [0.4, 0.5) is 0 Å². The first-order valence-corrected chi connectivity index (χ1v) is 9.10. The van der Waals surface area contributed by atoms with Gasteiger partial charge in [-0.1, -0.05) is 18.5 Å². The first-order valence-electron chi connectivity index (χ1n) is 8.72. The zero-order valence-corrected chi connectivity index (χ0v) is 15.7. The lowest BCUT2D eigenvalue weighted by atomic mass is 10.2. The van der Waals surface area contributed by atoms with E-state index in [1.165, 1.54) is 0 Å². The number of hydrogen-bond donors (Lipinski definition) is 1. The van der Waals surface area contributed by atoms with E-state index in [-0.39, 0.29) is 6.10 Å². The van der Waals surface area contributed by atoms with Gasteiger partial charge in [0, 0.05) is 26.2 Å². The van der Waals surface area contributed by atoms with Crippen LogP contribution in [-0.2, 0) is 11.3 Å². The number of rotatable bonds is 9. The van der Waals surface area contributed by atoms with E-state index in [4.69, 9.17) is 25.8 Å². The Morgan fingerprint density at radius 3 is 2.88 bits per heavy atom. The van der Waals surface area contributed by atoms with E-state index in [2.05, 4.69) is 24.2 Å². The summed E-state index contributed by atoms with van der Waals surface area (Å²) in [7, 11) is 2.12. The number of nitrogens with one attached hydrogen (secondary N) is 1. The Kier molecular flexibility index (Phi) is 8.12. The summed E-state index contributed by atoms with van der Waals surface area (Å²) in [5.41, 5.74) is 1.08. The maximum absolute atomic E-state index is 6.39. The number of ether oxygens (including phenoxy) is 3. The van der Waals surface area contributed by atoms with E-state index in [9.17, 15) is 0 Å². The Balaban J connectivity index is 1.94. The average molecular weight is 357 g/mol. The van der Waals surface area contributed by atoms with Crippen LogP contribution in [0.25, 0.3) is 0 Å². The number of morpholine rings is 1. The Morgan fingerprint density at radius 2 is 2.17 bits per heavy atom. The van der Waals surface area contributed by atoms with Gasteiger partial charge in [0.05, 0.1) is 30.9 Å². The minimum atomic E-state index is 0.234. The Bertz CT molecular complexity index is 513. The molecule has 1 aliphatic heterocycles. The van der Waals surface area contributed by atoms with Crippen LogP contribution in [0, 0.1) is 0 Å². The lowest BCUT2D eigenvalue weighted by Gasteiger charge is -2.30. The van der Waals surface area contributed by atoms with E-state index < -0.39 is 0 Å². The molecule has 24 heavy (non-hydrogen) atoms. The van der Waals surface area contributed by atoms with E-state index in [1.54, 1.807) is 0 Å². The summed E-state index contributed by atoms with van der Waals surface area (Å²) in [6.07, 6.45) is 1.17. The molecule has 6 heteroatoms. The quantitative estimate of drug-likeness (QED) is 0.737. The van der Waals surface area contributed by atoms with Crippen LogP contribution in [0.2, 0.25) is 5.02 Å². The summed E-state index contributed by atoms with van der Waals surface area (Å²) < 4.78 is 17.2. The second-order valence-electron chi connectivity index (χ2n) is 6.07. The smallest absolute Gasteiger partial charge is 0.179 e. The minimum Gasteiger partial charge on any atom is -0.490 e. The zero-order valence-electron chi connectivity index (χ0n) is 14.9. The van der Waals surface area contributed by atoms with Gasteiger partial charge >= 0.3 is 0 Å². The van der Waals surface area contributed by atoms with Crippen LogP contribution in [0.5, 0.6) is 11.5 Å². The first kappa shape index (κ1) is 19.3. The molecule has 136 valence electrons. The monoisotopic (exact) mass is 356 g/mol. The van der Waals surface area contributed by atoms with Crippen molar-refractivity contribution in [3.05, 3.63) is 22.7 Å². The van der Waals surface area contributed by atoms with Crippen LogP contribution in [0.15, 0.2) is 12.1 Å². The van der Waals surface area contributed by atoms with Gasteiger partial charge in [-0.25, -0.2) is 0 Å². The molecule has 1 N–H and O–H groups in total. The maximum Gasteiger partial charge on any atom is 0.179 e. The molecule has 0 aliphatic carbocycles. The van der Waals surface area contributed by atoms with E-state index in [1.807, 2.05) is 19.1 Å². The van der Waals surface area contributed by atoms with Gasteiger partial charge in [-0.15, -0.1) is 0 Å². The van der Waals surface area contributed by atoms with Crippen molar-refractivity contribution >= 4 is 11.6 Å². The van der Waals surface area contributed by atoms with Crippen LogP contribution < -0.4 is 14.8 Å². The molecule has 0 aromatic heterocycles. The lowest BCUT2D eigenvalue weighted by molar-refractivity contribution is -0.0182. The Hall–Kier alpha value is -1.01. The highest BCUT2D eigenvalue weighted by Crippen LogP contribution is 2.36. The fraction of sp³-hybridized carbons (Fsp3) is 0.667. The summed E-state index contributed by atoms with van der Waals surface area (Å²) >= 11 is 6.39. The predicted octanol–water partition coefficient (Wildman–Crippen LogP) is 2.95. The van der Waals surface area contributed by atoms with Crippen LogP contribution in [0.1, 0.15) is 25.8 Å². The molecule has 5 nitrogen and oxygen atoms in total. The second-order valence-corrected chi connectivity index (χ2v) is 6.48. The van der Waals surface area contributed by atoms with Crippen molar-refractivity contribution < 1.29 is 14.2 Å². The summed E-state index contributed by atoms with van der Waals surface area (Å²) in [5.74, 6) is 1.35. The molecule has 0 amide bonds. The van der Waals surface area contributed by atoms with E-state index in [0.717, 1.165) is 44.8 Å². The Morgan fingerprint density at radius 1 is 1.33 bits per heavy atom. The maximum atomic E-state index is 6.39. The van der Waals surface area contributed by atoms with Gasteiger partial charge in [0.1, 0.15) is 0 Å². The standard InChI is InChI=1S/C18H29ClN2O3/c1-4-7-24-18-16(19)9-14(10-17(18)22-5-2)11-20-12-15-13-21(3)6-8-23-15/h9-10,15,20H,4-8,11-13H2,1-3H3. The largest absolute Gasteiger partial charge is 0.490 e. The third kappa shape index (κ3) is 5.81. The molecule has 1 aromatic carbocycles. The molecular weight excluding hydrogens is 328 g/mol. The normalized spacial score (nSPS) is 18.6. The predicted molar refractivity (Wildman–Crippen MR) is 97.4 cm³/mol. The summed E-state index contributed by atoms with van der Waals surface area (Å²) in [5, 5.41) is 4.04. The Labute approximate surface area is 150 Å². The van der Waals surface area contributed by atoms with Crippen LogP contribution in [-0.4, -0.2) is 57.5 Å². The molecule has 1 aromatic rings. The summed E-state index contributed by atoms with van der Waals surface area (Å²) in [6.45, 7) is 9.54. The molecule has 0 saturated carbocycles. The van der Waals surface area contributed by atoms with Gasteiger partial charge in [-0.3, -0.25) is 0 Å². The molecule has 2 rings (SSSR count). The van der Waals surface area contributed by atoms with Gasteiger partial charge in [0.2, 0.25) is 0 Å². The van der Waals surface area contributed by atoms with Crippen molar-refractivity contribution in [2.24, 2.45) is 0 Å². The third-order valence-corrected chi connectivity index (χ3v) is 4.14. The van der Waals surface area contributed by atoms with Crippen LogP contribution in [0.3, 0.4) is 0 Å². The molecule has 1 unspecified atom stereocenters. The van der Waals surface area contributed by atoms with E-state index >= 15 is 0 Å². The highest BCUT2D eigenvalue weighted by Gasteiger charge is 2.17. The second kappa shape index (κ2) is 10.1.